The number of aryl methyl sites for hydroxylation is 1. The average molecular weight is 458 g/mol. The first-order valence-electron chi connectivity index (χ1n) is 11.2. The molecule has 5 rings (SSSR count). The van der Waals surface area contributed by atoms with Crippen LogP contribution in [0.1, 0.15) is 42.0 Å². The molecule has 0 bridgehead atoms. The number of nitrogens with zero attached hydrogens (tertiary/aromatic N) is 4. The lowest BCUT2D eigenvalue weighted by atomic mass is 9.78. The standard InChI is InChI=1S/C24H26F3N5O/c1-33-16-8-10-32(11-9-16)20-7-6-15-4-2-3-5-17(15)19(20)13-28-22-18-12-21(24(25,26)27)31-23(18)30-14-29-22/h2-5,12-14,16,19-20H,6-11H2,1H3,(H,29,30,31)/b28-13+/t19?,20-/m0/s1. The molecule has 6 nitrogen and oxygen atoms in total. The number of fused-ring (bicyclic) bond motifs is 2. The van der Waals surface area contributed by atoms with Gasteiger partial charge in [-0.25, -0.2) is 15.0 Å². The number of piperidine rings is 1. The number of likely N-dealkylation sites (tertiary alicyclic amines) is 1. The van der Waals surface area contributed by atoms with Crippen LogP contribution < -0.4 is 0 Å². The van der Waals surface area contributed by atoms with Gasteiger partial charge < -0.3 is 9.72 Å². The Balaban J connectivity index is 1.48. The minimum atomic E-state index is -4.48. The van der Waals surface area contributed by atoms with E-state index < -0.39 is 11.9 Å². The van der Waals surface area contributed by atoms with E-state index in [1.165, 1.54) is 17.5 Å². The number of hydrogen-bond donors (Lipinski definition) is 1. The summed E-state index contributed by atoms with van der Waals surface area (Å²) in [5.74, 6) is 0.270. The van der Waals surface area contributed by atoms with Gasteiger partial charge in [0.2, 0.25) is 0 Å². The van der Waals surface area contributed by atoms with Crippen LogP contribution in [0.3, 0.4) is 0 Å². The zero-order valence-corrected chi connectivity index (χ0v) is 18.3. The molecule has 2 aliphatic rings. The second kappa shape index (κ2) is 8.87. The number of aromatic nitrogens is 3. The Kier molecular flexibility index (Phi) is 5.92. The molecule has 3 heterocycles. The molecule has 0 saturated carbocycles. The van der Waals surface area contributed by atoms with Gasteiger partial charge in [-0.1, -0.05) is 24.3 Å². The van der Waals surface area contributed by atoms with Gasteiger partial charge in [-0.3, -0.25) is 4.90 Å². The number of alkyl halides is 3. The highest BCUT2D eigenvalue weighted by atomic mass is 19.4. The normalized spacial score (nSPS) is 22.8. The van der Waals surface area contributed by atoms with Gasteiger partial charge in [0.05, 0.1) is 11.5 Å². The van der Waals surface area contributed by atoms with Crippen molar-refractivity contribution in [3.8, 4) is 0 Å². The number of benzene rings is 1. The fourth-order valence-corrected chi connectivity index (χ4v) is 5.14. The zero-order valence-electron chi connectivity index (χ0n) is 18.3. The Hall–Kier alpha value is -2.78. The van der Waals surface area contributed by atoms with E-state index in [1.54, 1.807) is 7.11 Å². The molecule has 1 aliphatic heterocycles. The number of hydrogen-bond acceptors (Lipinski definition) is 5. The highest BCUT2D eigenvalue weighted by Crippen LogP contribution is 2.37. The van der Waals surface area contributed by atoms with Crippen LogP contribution in [0.4, 0.5) is 19.0 Å². The molecular formula is C24H26F3N5O. The van der Waals surface area contributed by atoms with Gasteiger partial charge in [0, 0.05) is 38.4 Å². The third kappa shape index (κ3) is 4.39. The van der Waals surface area contributed by atoms with Crippen LogP contribution in [0.15, 0.2) is 41.7 Å². The summed E-state index contributed by atoms with van der Waals surface area (Å²) in [6, 6.07) is 9.66. The number of nitrogens with one attached hydrogen (secondary N) is 1. The molecule has 174 valence electrons. The molecule has 1 N–H and O–H groups in total. The lowest BCUT2D eigenvalue weighted by Crippen LogP contribution is -2.47. The monoisotopic (exact) mass is 457 g/mol. The Morgan fingerprint density at radius 1 is 1.15 bits per heavy atom. The van der Waals surface area contributed by atoms with Crippen LogP contribution in [-0.4, -0.2) is 58.4 Å². The predicted octanol–water partition coefficient (Wildman–Crippen LogP) is 4.89. The van der Waals surface area contributed by atoms with Crippen LogP contribution >= 0.6 is 0 Å². The fraction of sp³-hybridized carbons (Fsp3) is 0.458. The van der Waals surface area contributed by atoms with E-state index in [0.717, 1.165) is 44.8 Å². The van der Waals surface area contributed by atoms with E-state index in [4.69, 9.17) is 4.74 Å². The van der Waals surface area contributed by atoms with Gasteiger partial charge in [-0.15, -0.1) is 0 Å². The Morgan fingerprint density at radius 3 is 2.70 bits per heavy atom. The van der Waals surface area contributed by atoms with Crippen molar-refractivity contribution in [1.82, 2.24) is 19.9 Å². The number of rotatable bonds is 4. The van der Waals surface area contributed by atoms with Crippen LogP contribution in [0.5, 0.6) is 0 Å². The Labute approximate surface area is 189 Å². The summed E-state index contributed by atoms with van der Waals surface area (Å²) in [7, 11) is 1.76. The molecule has 1 saturated heterocycles. The molecule has 2 aromatic heterocycles. The molecule has 0 amide bonds. The van der Waals surface area contributed by atoms with Crippen LogP contribution in [0.2, 0.25) is 0 Å². The van der Waals surface area contributed by atoms with E-state index >= 15 is 0 Å². The molecule has 2 atom stereocenters. The lowest BCUT2D eigenvalue weighted by molar-refractivity contribution is -0.140. The second-order valence-corrected chi connectivity index (χ2v) is 8.72. The van der Waals surface area contributed by atoms with E-state index in [2.05, 4.69) is 37.0 Å². The number of methoxy groups -OCH3 is 1. The summed E-state index contributed by atoms with van der Waals surface area (Å²) in [5, 5.41) is 0.266. The first-order valence-corrected chi connectivity index (χ1v) is 11.2. The minimum Gasteiger partial charge on any atom is -0.381 e. The smallest absolute Gasteiger partial charge is 0.381 e. The van der Waals surface area contributed by atoms with Crippen molar-refractivity contribution in [1.29, 1.82) is 0 Å². The van der Waals surface area contributed by atoms with Gasteiger partial charge in [0.15, 0.2) is 5.82 Å². The fourth-order valence-electron chi connectivity index (χ4n) is 5.14. The van der Waals surface area contributed by atoms with Gasteiger partial charge in [-0.05, 0) is 42.9 Å². The molecule has 0 spiro atoms. The molecule has 1 aliphatic carbocycles. The molecule has 9 heteroatoms. The maximum absolute atomic E-state index is 13.2. The Morgan fingerprint density at radius 2 is 1.94 bits per heavy atom. The predicted molar refractivity (Wildman–Crippen MR) is 120 cm³/mol. The average Bonchev–Trinajstić information content (AvgIpc) is 3.28. The van der Waals surface area contributed by atoms with E-state index in [1.807, 2.05) is 18.3 Å². The summed E-state index contributed by atoms with van der Waals surface area (Å²) in [5.41, 5.74) is 1.80. The molecule has 1 unspecified atom stereocenters. The summed E-state index contributed by atoms with van der Waals surface area (Å²) >= 11 is 0. The number of H-pyrrole nitrogens is 1. The number of aromatic amines is 1. The number of halogens is 3. The zero-order chi connectivity index (χ0) is 23.0. The van der Waals surface area contributed by atoms with Crippen molar-refractivity contribution in [2.24, 2.45) is 4.99 Å². The van der Waals surface area contributed by atoms with E-state index in [9.17, 15) is 13.2 Å². The molecule has 33 heavy (non-hydrogen) atoms. The van der Waals surface area contributed by atoms with Crippen LogP contribution in [0.25, 0.3) is 11.0 Å². The highest BCUT2D eigenvalue weighted by molar-refractivity contribution is 5.88. The molecule has 1 fully saturated rings. The first kappa shape index (κ1) is 22.0. The van der Waals surface area contributed by atoms with Gasteiger partial charge in [0.1, 0.15) is 17.7 Å². The SMILES string of the molecule is COC1CCN([C@H]2CCc3ccccc3C2/C=N/c2ncnc3[nH]c(C(F)(F)F)cc23)CC1. The summed E-state index contributed by atoms with van der Waals surface area (Å²) in [6.07, 6.45) is 2.93. The lowest BCUT2D eigenvalue weighted by Gasteiger charge is -2.42. The third-order valence-corrected chi connectivity index (χ3v) is 6.88. The van der Waals surface area contributed by atoms with Crippen molar-refractivity contribution < 1.29 is 17.9 Å². The van der Waals surface area contributed by atoms with Crippen LogP contribution in [-0.2, 0) is 17.3 Å². The second-order valence-electron chi connectivity index (χ2n) is 8.72. The number of aliphatic imine (C=N–C) groups is 1. The van der Waals surface area contributed by atoms with Crippen molar-refractivity contribution in [2.75, 3.05) is 20.2 Å². The molecule has 1 aromatic carbocycles. The van der Waals surface area contributed by atoms with Gasteiger partial charge in [-0.2, -0.15) is 13.2 Å². The molecule has 0 radical (unpaired) electrons. The Bertz CT molecular complexity index is 1150. The van der Waals surface area contributed by atoms with Crippen molar-refractivity contribution in [3.05, 3.63) is 53.5 Å². The summed E-state index contributed by atoms with van der Waals surface area (Å²) in [6.45, 7) is 1.92. The molecule has 3 aromatic rings. The van der Waals surface area contributed by atoms with Crippen LogP contribution in [0, 0.1) is 0 Å². The van der Waals surface area contributed by atoms with Gasteiger partial charge in [0.25, 0.3) is 0 Å². The van der Waals surface area contributed by atoms with Crippen molar-refractivity contribution in [2.45, 2.75) is 49.9 Å². The number of ether oxygens (including phenoxy) is 1. The van der Waals surface area contributed by atoms with Crippen molar-refractivity contribution in [3.63, 3.8) is 0 Å². The maximum atomic E-state index is 13.2. The largest absolute Gasteiger partial charge is 0.431 e. The molecular weight excluding hydrogens is 431 g/mol. The summed E-state index contributed by atoms with van der Waals surface area (Å²) in [4.78, 5) is 17.6. The topological polar surface area (TPSA) is 66.4 Å². The minimum absolute atomic E-state index is 0.0279. The quantitative estimate of drug-likeness (QED) is 0.567. The van der Waals surface area contributed by atoms with E-state index in [0.29, 0.717) is 6.10 Å². The van der Waals surface area contributed by atoms with Crippen molar-refractivity contribution >= 4 is 23.1 Å². The summed E-state index contributed by atoms with van der Waals surface area (Å²) < 4.78 is 45.1. The maximum Gasteiger partial charge on any atom is 0.431 e. The first-order chi connectivity index (χ1) is 15.9. The van der Waals surface area contributed by atoms with E-state index in [-0.39, 0.29) is 28.8 Å². The third-order valence-electron chi connectivity index (χ3n) is 6.88. The van der Waals surface area contributed by atoms with Gasteiger partial charge >= 0.3 is 6.18 Å². The highest BCUT2D eigenvalue weighted by Gasteiger charge is 2.35.